The molecule has 0 aliphatic rings. The molecule has 0 radical (unpaired) electrons. The molecule has 0 heterocycles. The van der Waals surface area contributed by atoms with Crippen LogP contribution in [0, 0.1) is 23.1 Å². The standard InChI is InChI=1S/C17H21FN2O4/c1-11(2)17(4,10-19)20-15(21)9-23-16(22)12(3)24-14-7-5-13(18)6-8-14/h5-8,11-12H,9H2,1-4H3,(H,20,21)/t12-,17+/m0/s1. The molecule has 0 fully saturated rings. The van der Waals surface area contributed by atoms with Gasteiger partial charge in [-0.1, -0.05) is 13.8 Å². The van der Waals surface area contributed by atoms with Gasteiger partial charge in [-0.3, -0.25) is 4.79 Å². The van der Waals surface area contributed by atoms with Crippen LogP contribution in [0.2, 0.25) is 0 Å². The lowest BCUT2D eigenvalue weighted by atomic mass is 9.90. The Hall–Kier alpha value is -2.62. The van der Waals surface area contributed by atoms with Gasteiger partial charge in [0.1, 0.15) is 17.1 Å². The lowest BCUT2D eigenvalue weighted by Crippen LogP contribution is -2.50. The Kier molecular flexibility index (Phi) is 6.71. The molecule has 2 atom stereocenters. The molecule has 1 rings (SSSR count). The molecule has 7 heteroatoms. The first kappa shape index (κ1) is 19.4. The smallest absolute Gasteiger partial charge is 0.347 e. The fourth-order valence-electron chi connectivity index (χ4n) is 1.65. The molecule has 0 spiro atoms. The highest BCUT2D eigenvalue weighted by Gasteiger charge is 2.30. The van der Waals surface area contributed by atoms with Crippen LogP contribution in [-0.4, -0.2) is 30.1 Å². The first-order valence-electron chi connectivity index (χ1n) is 7.49. The SMILES string of the molecule is CC(C)[C@@](C)(C#N)NC(=O)COC(=O)[C@H](C)Oc1ccc(F)cc1. The largest absolute Gasteiger partial charge is 0.479 e. The number of carbonyl (C=O) groups excluding carboxylic acids is 2. The van der Waals surface area contributed by atoms with Crippen molar-refractivity contribution in [1.29, 1.82) is 5.26 Å². The van der Waals surface area contributed by atoms with E-state index in [2.05, 4.69) is 5.32 Å². The summed E-state index contributed by atoms with van der Waals surface area (Å²) in [6.07, 6.45) is -0.962. The average molecular weight is 336 g/mol. The number of esters is 1. The molecule has 130 valence electrons. The maximum absolute atomic E-state index is 12.8. The number of nitrogens with zero attached hydrogens (tertiary/aromatic N) is 1. The fraction of sp³-hybridized carbons (Fsp3) is 0.471. The lowest BCUT2D eigenvalue weighted by molar-refractivity contribution is -0.155. The number of hydrogen-bond acceptors (Lipinski definition) is 5. The Bertz CT molecular complexity index is 624. The molecule has 0 unspecified atom stereocenters. The van der Waals surface area contributed by atoms with Gasteiger partial charge in [0.05, 0.1) is 6.07 Å². The number of halogens is 1. The number of hydrogen-bond donors (Lipinski definition) is 1. The zero-order valence-electron chi connectivity index (χ0n) is 14.1. The summed E-state index contributed by atoms with van der Waals surface area (Å²) in [5.74, 6) is -1.53. The Morgan fingerprint density at radius 3 is 2.38 bits per heavy atom. The quantitative estimate of drug-likeness (QED) is 0.771. The van der Waals surface area contributed by atoms with Gasteiger partial charge in [0, 0.05) is 0 Å². The Morgan fingerprint density at radius 2 is 1.88 bits per heavy atom. The van der Waals surface area contributed by atoms with Gasteiger partial charge in [0.15, 0.2) is 12.7 Å². The van der Waals surface area contributed by atoms with E-state index in [-0.39, 0.29) is 5.92 Å². The number of ether oxygens (including phenoxy) is 2. The molecule has 1 amide bonds. The second kappa shape index (κ2) is 8.29. The van der Waals surface area contributed by atoms with Gasteiger partial charge in [-0.25, -0.2) is 9.18 Å². The Morgan fingerprint density at radius 1 is 1.29 bits per heavy atom. The summed E-state index contributed by atoms with van der Waals surface area (Å²) in [5.41, 5.74) is -1.04. The van der Waals surface area contributed by atoms with Crippen molar-refractivity contribution < 1.29 is 23.5 Å². The van der Waals surface area contributed by atoms with E-state index in [4.69, 9.17) is 14.7 Å². The van der Waals surface area contributed by atoms with Crippen molar-refractivity contribution >= 4 is 11.9 Å². The first-order valence-corrected chi connectivity index (χ1v) is 7.49. The highest BCUT2D eigenvalue weighted by molar-refractivity contribution is 5.82. The monoisotopic (exact) mass is 336 g/mol. The number of rotatable bonds is 7. The lowest BCUT2D eigenvalue weighted by Gasteiger charge is -2.27. The molecule has 1 N–H and O–H groups in total. The van der Waals surface area contributed by atoms with Gasteiger partial charge in [0.25, 0.3) is 5.91 Å². The van der Waals surface area contributed by atoms with E-state index in [9.17, 15) is 14.0 Å². The average Bonchev–Trinajstić information content (AvgIpc) is 2.54. The van der Waals surface area contributed by atoms with Crippen molar-refractivity contribution in [3.8, 4) is 11.8 Å². The number of benzene rings is 1. The summed E-state index contributed by atoms with van der Waals surface area (Å²) >= 11 is 0. The molecule has 24 heavy (non-hydrogen) atoms. The third-order valence-corrected chi connectivity index (χ3v) is 3.59. The molecule has 0 aliphatic heterocycles. The summed E-state index contributed by atoms with van der Waals surface area (Å²) in [7, 11) is 0. The maximum atomic E-state index is 12.8. The molecule has 0 bridgehead atoms. The van der Waals surface area contributed by atoms with E-state index in [0.717, 1.165) is 0 Å². The van der Waals surface area contributed by atoms with Crippen molar-refractivity contribution in [1.82, 2.24) is 5.32 Å². The van der Waals surface area contributed by atoms with Crippen LogP contribution in [-0.2, 0) is 14.3 Å². The zero-order valence-corrected chi connectivity index (χ0v) is 14.1. The van der Waals surface area contributed by atoms with Crippen LogP contribution in [0.1, 0.15) is 27.7 Å². The Balaban J connectivity index is 2.49. The van der Waals surface area contributed by atoms with Crippen LogP contribution < -0.4 is 10.1 Å². The summed E-state index contributed by atoms with van der Waals surface area (Å²) in [6, 6.07) is 7.20. The predicted octanol–water partition coefficient (Wildman–Crippen LogP) is 2.19. The third kappa shape index (κ3) is 5.54. The Labute approximate surface area is 140 Å². The van der Waals surface area contributed by atoms with Crippen LogP contribution in [0.3, 0.4) is 0 Å². The van der Waals surface area contributed by atoms with Crippen LogP contribution >= 0.6 is 0 Å². The van der Waals surface area contributed by atoms with Crippen LogP contribution in [0.4, 0.5) is 4.39 Å². The molecular formula is C17H21FN2O4. The summed E-state index contributed by atoms with van der Waals surface area (Å²) in [6.45, 7) is 6.14. The van der Waals surface area contributed by atoms with Gasteiger partial charge < -0.3 is 14.8 Å². The van der Waals surface area contributed by atoms with E-state index in [1.54, 1.807) is 20.8 Å². The van der Waals surface area contributed by atoms with E-state index in [1.165, 1.54) is 31.2 Å². The number of nitriles is 1. The van der Waals surface area contributed by atoms with Crippen molar-refractivity contribution in [2.45, 2.75) is 39.3 Å². The second-order valence-electron chi connectivity index (χ2n) is 5.84. The van der Waals surface area contributed by atoms with Crippen molar-refractivity contribution in [3.05, 3.63) is 30.1 Å². The molecule has 1 aromatic rings. The predicted molar refractivity (Wildman–Crippen MR) is 84.4 cm³/mol. The van der Waals surface area contributed by atoms with Gasteiger partial charge in [-0.15, -0.1) is 0 Å². The van der Waals surface area contributed by atoms with Crippen molar-refractivity contribution in [2.24, 2.45) is 5.92 Å². The van der Waals surface area contributed by atoms with E-state index in [0.29, 0.717) is 5.75 Å². The van der Waals surface area contributed by atoms with Crippen LogP contribution in [0.15, 0.2) is 24.3 Å². The number of amides is 1. The summed E-state index contributed by atoms with van der Waals surface area (Å²) < 4.78 is 23.0. The van der Waals surface area contributed by atoms with Gasteiger partial charge in [0.2, 0.25) is 0 Å². The van der Waals surface area contributed by atoms with Gasteiger partial charge >= 0.3 is 5.97 Å². The maximum Gasteiger partial charge on any atom is 0.347 e. The highest BCUT2D eigenvalue weighted by atomic mass is 19.1. The zero-order chi connectivity index (χ0) is 18.3. The van der Waals surface area contributed by atoms with Gasteiger partial charge in [-0.2, -0.15) is 5.26 Å². The molecule has 1 aromatic carbocycles. The fourth-order valence-corrected chi connectivity index (χ4v) is 1.65. The molecule has 0 saturated heterocycles. The van der Waals surface area contributed by atoms with Crippen LogP contribution in [0.5, 0.6) is 5.75 Å². The summed E-state index contributed by atoms with van der Waals surface area (Å²) in [5, 5.41) is 11.7. The second-order valence-corrected chi connectivity index (χ2v) is 5.84. The highest BCUT2D eigenvalue weighted by Crippen LogP contribution is 2.15. The number of nitrogens with one attached hydrogen (secondary N) is 1. The molecule has 0 aliphatic carbocycles. The third-order valence-electron chi connectivity index (χ3n) is 3.59. The van der Waals surface area contributed by atoms with Gasteiger partial charge in [-0.05, 0) is 44.0 Å². The normalized spacial score (nSPS) is 14.2. The van der Waals surface area contributed by atoms with Crippen molar-refractivity contribution in [3.63, 3.8) is 0 Å². The summed E-state index contributed by atoms with van der Waals surface area (Å²) in [4.78, 5) is 23.6. The molecule has 0 saturated carbocycles. The van der Waals surface area contributed by atoms with Crippen molar-refractivity contribution in [2.75, 3.05) is 6.61 Å². The van der Waals surface area contributed by atoms with Crippen LogP contribution in [0.25, 0.3) is 0 Å². The minimum Gasteiger partial charge on any atom is -0.479 e. The molecule has 6 nitrogen and oxygen atoms in total. The minimum absolute atomic E-state index is 0.108. The van der Waals surface area contributed by atoms with E-state index < -0.39 is 35.9 Å². The van der Waals surface area contributed by atoms with E-state index >= 15 is 0 Å². The van der Waals surface area contributed by atoms with E-state index in [1.807, 2.05) is 6.07 Å². The molecular weight excluding hydrogens is 315 g/mol. The minimum atomic E-state index is -1.04. The first-order chi connectivity index (χ1) is 11.2. The molecule has 0 aromatic heterocycles. The topological polar surface area (TPSA) is 88.4 Å². The number of carbonyl (C=O) groups is 2.